The fraction of sp³-hybridized carbons (Fsp3) is 0.0952. The second kappa shape index (κ2) is 5.90. The lowest BCUT2D eigenvalue weighted by atomic mass is 10.1. The number of ketones is 1. The zero-order valence-electron chi connectivity index (χ0n) is 14.9. The molecule has 0 radical (unpaired) electrons. The van der Waals surface area contributed by atoms with E-state index >= 15 is 0 Å². The normalized spacial score (nSPS) is 19.2. The summed E-state index contributed by atoms with van der Waals surface area (Å²) in [5, 5.41) is 4.22. The fourth-order valence-electron chi connectivity index (χ4n) is 3.64. The minimum atomic E-state index is -1.80. The van der Waals surface area contributed by atoms with Crippen LogP contribution in [0.15, 0.2) is 65.9 Å². The number of amides is 1. The first-order chi connectivity index (χ1) is 13.6. The van der Waals surface area contributed by atoms with Gasteiger partial charge in [-0.05, 0) is 12.1 Å². The number of nitrogens with one attached hydrogen (secondary N) is 3. The molecular weight excluding hydrogens is 356 g/mol. The fourth-order valence-corrected chi connectivity index (χ4v) is 3.64. The number of aliphatic imine (C=N–C) groups is 1. The van der Waals surface area contributed by atoms with Gasteiger partial charge in [0.05, 0.1) is 5.56 Å². The van der Waals surface area contributed by atoms with Gasteiger partial charge in [0.15, 0.2) is 0 Å². The highest BCUT2D eigenvalue weighted by molar-refractivity contribution is 6.49. The third kappa shape index (κ3) is 2.23. The molecule has 0 unspecified atom stereocenters. The molecule has 2 aromatic carbocycles. The van der Waals surface area contributed by atoms with Gasteiger partial charge in [0.2, 0.25) is 5.78 Å². The van der Waals surface area contributed by atoms with Crippen LogP contribution in [-0.2, 0) is 9.53 Å². The van der Waals surface area contributed by atoms with Gasteiger partial charge in [0.1, 0.15) is 5.71 Å². The van der Waals surface area contributed by atoms with Crippen molar-refractivity contribution in [3.63, 3.8) is 0 Å². The van der Waals surface area contributed by atoms with Crippen molar-refractivity contribution in [3.05, 3.63) is 72.1 Å². The maximum Gasteiger partial charge on any atom is 0.306 e. The van der Waals surface area contributed by atoms with E-state index in [0.29, 0.717) is 11.1 Å². The van der Waals surface area contributed by atoms with Crippen LogP contribution in [0.1, 0.15) is 15.9 Å². The van der Waals surface area contributed by atoms with Crippen molar-refractivity contribution in [2.24, 2.45) is 4.99 Å². The van der Waals surface area contributed by atoms with Crippen LogP contribution in [0.25, 0.3) is 21.8 Å². The Bertz CT molecular complexity index is 1280. The molecule has 3 heterocycles. The van der Waals surface area contributed by atoms with Gasteiger partial charge in [-0.3, -0.25) is 14.9 Å². The molecule has 28 heavy (non-hydrogen) atoms. The summed E-state index contributed by atoms with van der Waals surface area (Å²) in [6.07, 6.45) is 3.32. The molecule has 7 nitrogen and oxygen atoms in total. The summed E-state index contributed by atoms with van der Waals surface area (Å²) in [6.45, 7) is 0. The predicted octanol–water partition coefficient (Wildman–Crippen LogP) is 2.75. The number of hydrogen-bond donors (Lipinski definition) is 3. The quantitative estimate of drug-likeness (QED) is 0.480. The molecule has 0 saturated heterocycles. The summed E-state index contributed by atoms with van der Waals surface area (Å²) in [5.41, 5.74) is 2.89. The first-order valence-corrected chi connectivity index (χ1v) is 8.78. The predicted molar refractivity (Wildman–Crippen MR) is 105 cm³/mol. The monoisotopic (exact) mass is 372 g/mol. The van der Waals surface area contributed by atoms with Crippen LogP contribution in [0.3, 0.4) is 0 Å². The zero-order valence-corrected chi connectivity index (χ0v) is 14.9. The van der Waals surface area contributed by atoms with Crippen LogP contribution in [0.2, 0.25) is 0 Å². The largest absolute Gasteiger partial charge is 0.360 e. The lowest BCUT2D eigenvalue weighted by molar-refractivity contribution is -0.119. The number of carbonyl (C=O) groups is 2. The van der Waals surface area contributed by atoms with E-state index in [2.05, 4.69) is 20.3 Å². The van der Waals surface area contributed by atoms with Crippen molar-refractivity contribution >= 4 is 39.2 Å². The number of hydrogen-bond acceptors (Lipinski definition) is 4. The number of rotatable bonds is 4. The summed E-state index contributed by atoms with van der Waals surface area (Å²) in [4.78, 5) is 36.7. The maximum atomic E-state index is 13.3. The number of aromatic nitrogens is 2. The minimum absolute atomic E-state index is 0.160. The van der Waals surface area contributed by atoms with E-state index in [9.17, 15) is 9.59 Å². The van der Waals surface area contributed by atoms with Gasteiger partial charge in [-0.1, -0.05) is 36.4 Å². The van der Waals surface area contributed by atoms with Crippen LogP contribution in [0.4, 0.5) is 0 Å². The number of methoxy groups -OCH3 is 1. The molecule has 1 amide bonds. The van der Waals surface area contributed by atoms with Crippen LogP contribution in [0.5, 0.6) is 0 Å². The number of benzene rings is 2. The van der Waals surface area contributed by atoms with E-state index in [-0.39, 0.29) is 5.71 Å². The molecule has 1 aliphatic heterocycles. The summed E-state index contributed by atoms with van der Waals surface area (Å²) < 4.78 is 5.45. The van der Waals surface area contributed by atoms with Gasteiger partial charge in [-0.25, -0.2) is 4.99 Å². The van der Waals surface area contributed by atoms with Gasteiger partial charge in [0, 0.05) is 46.9 Å². The van der Waals surface area contributed by atoms with Crippen LogP contribution in [0, 0.1) is 0 Å². The van der Waals surface area contributed by atoms with Crippen molar-refractivity contribution < 1.29 is 14.3 Å². The molecule has 138 valence electrons. The molecule has 7 heteroatoms. The molecule has 2 aromatic heterocycles. The van der Waals surface area contributed by atoms with Crippen LogP contribution < -0.4 is 5.32 Å². The molecule has 1 atom stereocenters. The number of fused-ring (bicyclic) bond motifs is 2. The van der Waals surface area contributed by atoms with Gasteiger partial charge in [0.25, 0.3) is 5.91 Å². The molecule has 1 aliphatic rings. The molecule has 5 rings (SSSR count). The van der Waals surface area contributed by atoms with Crippen molar-refractivity contribution in [3.8, 4) is 0 Å². The second-order valence-corrected chi connectivity index (χ2v) is 6.59. The molecule has 3 N–H and O–H groups in total. The number of para-hydroxylation sites is 2. The van der Waals surface area contributed by atoms with Crippen molar-refractivity contribution in [2.75, 3.05) is 7.11 Å². The molecular formula is C21H16N4O3. The van der Waals surface area contributed by atoms with Gasteiger partial charge >= 0.3 is 5.85 Å². The Kier molecular flexibility index (Phi) is 3.47. The number of H-pyrrole nitrogens is 2. The number of Topliss-reactive ketones (excluding diaryl/α,β-unsaturated/α-hetero) is 1. The van der Waals surface area contributed by atoms with Gasteiger partial charge in [-0.2, -0.15) is 0 Å². The number of aromatic amines is 2. The van der Waals surface area contributed by atoms with E-state index in [1.807, 2.05) is 48.5 Å². The Morgan fingerprint density at radius 3 is 2.36 bits per heavy atom. The standard InChI is InChI=1S/C21H16N4O3/c1-28-21(19(26)15-11-23-17-9-5-3-7-13(15)17)24-18(20(27)25-21)14-10-22-16-8-4-2-6-12(14)16/h2-11,22-23H,1H3,(H,25,27)/t21-/m0/s1. The Balaban J connectivity index is 1.63. The topological polar surface area (TPSA) is 99.3 Å². The summed E-state index contributed by atoms with van der Waals surface area (Å²) in [7, 11) is 1.36. The highest BCUT2D eigenvalue weighted by Gasteiger charge is 2.48. The first-order valence-electron chi connectivity index (χ1n) is 8.78. The SMILES string of the molecule is CO[C@@]1(C(=O)c2c[nH]c3ccccc23)N=C(c2c[nH]c3ccccc23)C(=O)N1. The third-order valence-electron chi connectivity index (χ3n) is 5.05. The van der Waals surface area contributed by atoms with Crippen LogP contribution >= 0.6 is 0 Å². The van der Waals surface area contributed by atoms with E-state index in [4.69, 9.17) is 4.74 Å². The second-order valence-electron chi connectivity index (χ2n) is 6.59. The Hall–Kier alpha value is -3.71. The lowest BCUT2D eigenvalue weighted by Crippen LogP contribution is -2.50. The number of carbonyl (C=O) groups excluding carboxylic acids is 2. The Labute approximate surface area is 159 Å². The van der Waals surface area contributed by atoms with E-state index in [1.165, 1.54) is 7.11 Å². The third-order valence-corrected chi connectivity index (χ3v) is 5.05. The highest BCUT2D eigenvalue weighted by Crippen LogP contribution is 2.29. The molecule has 0 bridgehead atoms. The van der Waals surface area contributed by atoms with Crippen LogP contribution in [-0.4, -0.2) is 40.3 Å². The van der Waals surface area contributed by atoms with E-state index in [0.717, 1.165) is 21.8 Å². The van der Waals surface area contributed by atoms with E-state index in [1.54, 1.807) is 12.4 Å². The average molecular weight is 372 g/mol. The summed E-state index contributed by atoms with van der Waals surface area (Å²) in [5.74, 6) is -2.69. The summed E-state index contributed by atoms with van der Waals surface area (Å²) >= 11 is 0. The van der Waals surface area contributed by atoms with Crippen molar-refractivity contribution in [1.29, 1.82) is 0 Å². The maximum absolute atomic E-state index is 13.3. The van der Waals surface area contributed by atoms with Crippen molar-refractivity contribution in [1.82, 2.24) is 15.3 Å². The van der Waals surface area contributed by atoms with Gasteiger partial charge < -0.3 is 14.7 Å². The summed E-state index contributed by atoms with van der Waals surface area (Å²) in [6, 6.07) is 15.0. The van der Waals surface area contributed by atoms with E-state index < -0.39 is 17.5 Å². The molecule has 4 aromatic rings. The molecule has 0 spiro atoms. The number of ether oxygens (including phenoxy) is 1. The van der Waals surface area contributed by atoms with Crippen molar-refractivity contribution in [2.45, 2.75) is 5.85 Å². The Morgan fingerprint density at radius 2 is 1.61 bits per heavy atom. The van der Waals surface area contributed by atoms with Gasteiger partial charge in [-0.15, -0.1) is 0 Å². The molecule has 0 saturated carbocycles. The number of nitrogens with zero attached hydrogens (tertiary/aromatic N) is 1. The minimum Gasteiger partial charge on any atom is -0.360 e. The molecule has 0 fully saturated rings. The first kappa shape index (κ1) is 16.5. The smallest absolute Gasteiger partial charge is 0.306 e. The molecule has 0 aliphatic carbocycles. The Morgan fingerprint density at radius 1 is 0.964 bits per heavy atom. The average Bonchev–Trinajstić information content (AvgIpc) is 3.42. The lowest BCUT2D eigenvalue weighted by Gasteiger charge is -2.22. The zero-order chi connectivity index (χ0) is 19.3. The highest BCUT2D eigenvalue weighted by atomic mass is 16.5.